The van der Waals surface area contributed by atoms with Gasteiger partial charge in [-0.1, -0.05) is 57.0 Å². The topological polar surface area (TPSA) is 64.6 Å². The number of hydrogen-bond donors (Lipinski definition) is 1. The van der Waals surface area contributed by atoms with E-state index in [1.807, 2.05) is 13.0 Å². The number of aryl methyl sites for hydroxylation is 2. The minimum Gasteiger partial charge on any atom is -0.490 e. The van der Waals surface area contributed by atoms with Crippen LogP contribution in [0, 0.1) is 28.2 Å². The van der Waals surface area contributed by atoms with Gasteiger partial charge in [0.05, 0.1) is 10.2 Å². The fourth-order valence-electron chi connectivity index (χ4n) is 6.69. The van der Waals surface area contributed by atoms with E-state index in [1.54, 1.807) is 0 Å². The van der Waals surface area contributed by atoms with Crippen LogP contribution < -0.4 is 14.8 Å². The van der Waals surface area contributed by atoms with E-state index in [-0.39, 0.29) is 22.4 Å². The van der Waals surface area contributed by atoms with Crippen LogP contribution in [0.25, 0.3) is 0 Å². The van der Waals surface area contributed by atoms with Gasteiger partial charge in [0, 0.05) is 41.3 Å². The van der Waals surface area contributed by atoms with Crippen molar-refractivity contribution in [2.45, 2.75) is 86.7 Å². The van der Waals surface area contributed by atoms with Crippen molar-refractivity contribution in [1.82, 2.24) is 5.32 Å². The lowest BCUT2D eigenvalue weighted by Gasteiger charge is -2.44. The largest absolute Gasteiger partial charge is 0.490 e. The number of carbonyl (C=O) groups is 2. The molecule has 0 bridgehead atoms. The molecular formula is C34H40INO4. The zero-order valence-electron chi connectivity index (χ0n) is 24.7. The van der Waals surface area contributed by atoms with Gasteiger partial charge >= 0.3 is 0 Å². The van der Waals surface area contributed by atoms with Gasteiger partial charge in [0.2, 0.25) is 0 Å². The summed E-state index contributed by atoms with van der Waals surface area (Å²) in [5.41, 5.74) is 7.59. The van der Waals surface area contributed by atoms with Crippen molar-refractivity contribution in [2.24, 2.45) is 10.8 Å². The summed E-state index contributed by atoms with van der Waals surface area (Å²) >= 11 is 2.30. The first-order valence-electron chi connectivity index (χ1n) is 14.2. The van der Waals surface area contributed by atoms with Gasteiger partial charge in [-0.05, 0) is 90.3 Å². The van der Waals surface area contributed by atoms with Crippen molar-refractivity contribution in [3.63, 3.8) is 0 Å². The quantitative estimate of drug-likeness (QED) is 0.322. The number of nitrogens with one attached hydrogen (secondary N) is 1. The van der Waals surface area contributed by atoms with Crippen LogP contribution in [-0.2, 0) is 16.2 Å². The van der Waals surface area contributed by atoms with Crippen LogP contribution >= 0.6 is 22.6 Å². The molecule has 2 aromatic rings. The highest BCUT2D eigenvalue weighted by Gasteiger charge is 2.46. The molecule has 0 radical (unpaired) electrons. The molecule has 5 rings (SSSR count). The third-order valence-corrected chi connectivity index (χ3v) is 8.85. The number of dihydropyridines is 1. The minimum absolute atomic E-state index is 0.121. The van der Waals surface area contributed by atoms with Crippen LogP contribution in [0.15, 0.2) is 52.9 Å². The summed E-state index contributed by atoms with van der Waals surface area (Å²) < 4.78 is 13.4. The number of ether oxygens (including phenoxy) is 2. The number of benzene rings is 2. The summed E-state index contributed by atoms with van der Waals surface area (Å²) in [5, 5.41) is 3.60. The summed E-state index contributed by atoms with van der Waals surface area (Å²) in [6, 6.07) is 10.5. The molecule has 1 heterocycles. The van der Waals surface area contributed by atoms with Crippen molar-refractivity contribution in [3.8, 4) is 11.5 Å². The Bertz CT molecular complexity index is 1390. The van der Waals surface area contributed by atoms with Crippen LogP contribution in [0.5, 0.6) is 11.5 Å². The molecule has 0 fully saturated rings. The van der Waals surface area contributed by atoms with E-state index in [4.69, 9.17) is 9.47 Å². The molecule has 0 amide bonds. The fourth-order valence-corrected chi connectivity index (χ4v) is 7.47. The Morgan fingerprint density at radius 2 is 1.38 bits per heavy atom. The third-order valence-electron chi connectivity index (χ3n) is 8.05. The predicted octanol–water partition coefficient (Wildman–Crippen LogP) is 7.86. The zero-order chi connectivity index (χ0) is 29.0. The first kappa shape index (κ1) is 28.9. The predicted molar refractivity (Wildman–Crippen MR) is 167 cm³/mol. The van der Waals surface area contributed by atoms with Gasteiger partial charge in [-0.15, -0.1) is 0 Å². The zero-order valence-corrected chi connectivity index (χ0v) is 26.9. The summed E-state index contributed by atoms with van der Waals surface area (Å²) in [6.45, 7) is 15.6. The molecule has 0 aromatic heterocycles. The summed E-state index contributed by atoms with van der Waals surface area (Å²) in [5.74, 6) is 1.17. The van der Waals surface area contributed by atoms with Crippen molar-refractivity contribution in [2.75, 3.05) is 6.61 Å². The first-order chi connectivity index (χ1) is 18.8. The van der Waals surface area contributed by atoms with Crippen molar-refractivity contribution < 1.29 is 19.1 Å². The molecular weight excluding hydrogens is 613 g/mol. The molecule has 2 aliphatic carbocycles. The van der Waals surface area contributed by atoms with Crippen LogP contribution in [0.1, 0.15) is 88.5 Å². The molecule has 2 aromatic carbocycles. The van der Waals surface area contributed by atoms with E-state index in [2.05, 4.69) is 93.7 Å². The van der Waals surface area contributed by atoms with Gasteiger partial charge in [-0.3, -0.25) is 9.59 Å². The van der Waals surface area contributed by atoms with E-state index in [0.29, 0.717) is 37.6 Å². The number of allylic oxidation sites excluding steroid dienone is 4. The Kier molecular flexibility index (Phi) is 7.70. The molecule has 0 saturated carbocycles. The molecule has 1 aliphatic heterocycles. The number of Topliss-reactive ketones (excluding diaryl/α,β-unsaturated/α-hetero) is 2. The van der Waals surface area contributed by atoms with Crippen LogP contribution in [-0.4, -0.2) is 18.2 Å². The third kappa shape index (κ3) is 5.74. The first-order valence-corrected chi connectivity index (χ1v) is 15.3. The van der Waals surface area contributed by atoms with Gasteiger partial charge in [-0.25, -0.2) is 0 Å². The maximum Gasteiger partial charge on any atom is 0.174 e. The molecule has 0 saturated heterocycles. The second kappa shape index (κ2) is 10.7. The average molecular weight is 654 g/mol. The lowest BCUT2D eigenvalue weighted by Crippen LogP contribution is -2.42. The highest BCUT2D eigenvalue weighted by Crippen LogP contribution is 2.52. The summed E-state index contributed by atoms with van der Waals surface area (Å²) in [7, 11) is 0. The Hall–Kier alpha value is -2.61. The molecule has 1 N–H and O–H groups in total. The number of halogens is 1. The van der Waals surface area contributed by atoms with E-state index in [1.165, 1.54) is 11.1 Å². The van der Waals surface area contributed by atoms with Crippen LogP contribution in [0.3, 0.4) is 0 Å². The second-order valence-corrected chi connectivity index (χ2v) is 14.4. The molecule has 0 spiro atoms. The Morgan fingerprint density at radius 3 is 1.90 bits per heavy atom. The lowest BCUT2D eigenvalue weighted by molar-refractivity contribution is -0.119. The van der Waals surface area contributed by atoms with Gasteiger partial charge in [0.25, 0.3) is 0 Å². The second-order valence-electron chi connectivity index (χ2n) is 13.3. The smallest absolute Gasteiger partial charge is 0.174 e. The Labute approximate surface area is 251 Å². The molecule has 6 heteroatoms. The highest BCUT2D eigenvalue weighted by atomic mass is 127. The van der Waals surface area contributed by atoms with Crippen molar-refractivity contribution >= 4 is 34.2 Å². The number of ketones is 2. The summed E-state index contributed by atoms with van der Waals surface area (Å²) in [6.07, 6.45) is 2.50. The fraction of sp³-hybridized carbons (Fsp3) is 0.471. The minimum atomic E-state index is -0.403. The van der Waals surface area contributed by atoms with E-state index < -0.39 is 5.92 Å². The normalized spacial score (nSPS) is 20.2. The number of hydrogen-bond acceptors (Lipinski definition) is 5. The summed E-state index contributed by atoms with van der Waals surface area (Å²) in [4.78, 5) is 27.4. The number of carbonyl (C=O) groups excluding carboxylic acids is 2. The van der Waals surface area contributed by atoms with Crippen molar-refractivity contribution in [3.05, 3.63) is 78.7 Å². The molecule has 40 heavy (non-hydrogen) atoms. The molecule has 3 aliphatic rings. The molecule has 0 unspecified atom stereocenters. The van der Waals surface area contributed by atoms with E-state index in [9.17, 15) is 9.59 Å². The van der Waals surface area contributed by atoms with E-state index in [0.717, 1.165) is 50.1 Å². The Morgan fingerprint density at radius 1 is 0.825 bits per heavy atom. The average Bonchev–Trinajstić information content (AvgIpc) is 2.80. The monoisotopic (exact) mass is 653 g/mol. The lowest BCUT2D eigenvalue weighted by atomic mass is 9.64. The van der Waals surface area contributed by atoms with Crippen LogP contribution in [0.4, 0.5) is 0 Å². The Balaban J connectivity index is 1.60. The van der Waals surface area contributed by atoms with Gasteiger partial charge in [0.15, 0.2) is 23.1 Å². The van der Waals surface area contributed by atoms with Gasteiger partial charge in [0.1, 0.15) is 6.61 Å². The highest BCUT2D eigenvalue weighted by molar-refractivity contribution is 14.1. The van der Waals surface area contributed by atoms with Crippen molar-refractivity contribution in [1.29, 1.82) is 0 Å². The maximum absolute atomic E-state index is 13.7. The van der Waals surface area contributed by atoms with Gasteiger partial charge < -0.3 is 14.8 Å². The molecule has 212 valence electrons. The van der Waals surface area contributed by atoms with E-state index >= 15 is 0 Å². The molecule has 5 nitrogen and oxygen atoms in total. The van der Waals surface area contributed by atoms with Crippen LogP contribution in [0.2, 0.25) is 0 Å². The standard InChI is InChI=1S/C34H40INO4/c1-8-39-28-13-22(12-23(35)32(28)40-18-21-10-19(2)9-20(3)11-21)29-30-24(14-33(4,5)16-26(30)37)36-25-15-34(6,7)17-27(38)31(25)29/h9-13,29,36H,8,14-18H2,1-7H3. The van der Waals surface area contributed by atoms with Gasteiger partial charge in [-0.2, -0.15) is 0 Å². The SMILES string of the molecule is CCOc1cc(C2C3=C(CC(C)(C)CC3=O)NC3=C2C(=O)CC(C)(C)C3)cc(I)c1OCc1cc(C)cc(C)c1. The number of rotatable bonds is 6. The molecule has 0 atom stereocenters. The maximum atomic E-state index is 13.7.